The van der Waals surface area contributed by atoms with Crippen LogP contribution in [0.2, 0.25) is 0 Å². The molecular formula is C20H24IN7O. The van der Waals surface area contributed by atoms with E-state index < -0.39 is 0 Å². The summed E-state index contributed by atoms with van der Waals surface area (Å²) in [6, 6.07) is 13.9. The molecule has 4 rings (SSSR count). The van der Waals surface area contributed by atoms with Gasteiger partial charge in [-0.15, -0.1) is 24.0 Å². The number of hydrogen-bond donors (Lipinski definition) is 1. The summed E-state index contributed by atoms with van der Waals surface area (Å²) >= 11 is 0. The van der Waals surface area contributed by atoms with E-state index in [1.54, 1.807) is 17.2 Å². The molecule has 1 aliphatic heterocycles. The molecule has 3 aromatic rings. The van der Waals surface area contributed by atoms with Crippen LogP contribution in [0.4, 0.5) is 0 Å². The number of pyridine rings is 1. The summed E-state index contributed by atoms with van der Waals surface area (Å²) in [6.45, 7) is 2.40. The Hall–Kier alpha value is -2.69. The molecule has 0 radical (unpaired) electrons. The lowest BCUT2D eigenvalue weighted by Gasteiger charge is -2.21. The summed E-state index contributed by atoms with van der Waals surface area (Å²) in [6.07, 6.45) is 6.03. The first kappa shape index (κ1) is 21.0. The van der Waals surface area contributed by atoms with Gasteiger partial charge in [0.05, 0.1) is 12.2 Å². The van der Waals surface area contributed by atoms with E-state index in [1.165, 1.54) is 11.9 Å². The van der Waals surface area contributed by atoms with E-state index >= 15 is 0 Å². The van der Waals surface area contributed by atoms with Gasteiger partial charge >= 0.3 is 0 Å². The Morgan fingerprint density at radius 2 is 2.10 bits per heavy atom. The third-order valence-electron chi connectivity index (χ3n) is 4.65. The molecule has 29 heavy (non-hydrogen) atoms. The van der Waals surface area contributed by atoms with Gasteiger partial charge in [0, 0.05) is 38.8 Å². The van der Waals surface area contributed by atoms with Crippen LogP contribution in [-0.4, -0.2) is 56.8 Å². The summed E-state index contributed by atoms with van der Waals surface area (Å²) in [5.41, 5.74) is 2.16. The highest BCUT2D eigenvalue weighted by Crippen LogP contribution is 2.16. The highest BCUT2D eigenvalue weighted by Gasteiger charge is 2.26. The van der Waals surface area contributed by atoms with Gasteiger partial charge in [-0.25, -0.2) is 14.6 Å². The average molecular weight is 505 g/mol. The summed E-state index contributed by atoms with van der Waals surface area (Å²) in [7, 11) is 1.81. The number of aliphatic imine (C=N–C) groups is 1. The van der Waals surface area contributed by atoms with Gasteiger partial charge in [-0.05, 0) is 23.8 Å². The number of hydrogen-bond acceptors (Lipinski definition) is 5. The molecule has 1 fully saturated rings. The molecule has 1 atom stereocenters. The maximum Gasteiger partial charge on any atom is 0.213 e. The van der Waals surface area contributed by atoms with Crippen molar-refractivity contribution >= 4 is 29.9 Å². The van der Waals surface area contributed by atoms with Crippen molar-refractivity contribution in [3.8, 4) is 11.6 Å². The number of nitrogens with zero attached hydrogens (tertiary/aromatic N) is 6. The molecule has 0 spiro atoms. The molecule has 1 saturated heterocycles. The SMILES string of the molecule is CN=C(NCc1ccc(-n2cncn2)cc1)N1CCC(Oc2ccccn2)C1.I. The second-order valence-electron chi connectivity index (χ2n) is 6.55. The molecule has 0 saturated carbocycles. The average Bonchev–Trinajstić information content (AvgIpc) is 3.43. The topological polar surface area (TPSA) is 80.5 Å². The second-order valence-corrected chi connectivity index (χ2v) is 6.55. The third-order valence-corrected chi connectivity index (χ3v) is 4.65. The molecule has 0 amide bonds. The van der Waals surface area contributed by atoms with Gasteiger partial charge in [0.1, 0.15) is 18.8 Å². The van der Waals surface area contributed by atoms with E-state index in [0.717, 1.165) is 31.2 Å². The Bertz CT molecular complexity index is 900. The molecule has 3 heterocycles. The fourth-order valence-corrected chi connectivity index (χ4v) is 3.23. The minimum absolute atomic E-state index is 0. The van der Waals surface area contributed by atoms with Crippen LogP contribution in [0.3, 0.4) is 0 Å². The van der Waals surface area contributed by atoms with Crippen LogP contribution in [0.25, 0.3) is 5.69 Å². The predicted molar refractivity (Wildman–Crippen MR) is 122 cm³/mol. The summed E-state index contributed by atoms with van der Waals surface area (Å²) in [5, 5.41) is 7.58. The maximum atomic E-state index is 5.96. The van der Waals surface area contributed by atoms with Gasteiger partial charge in [-0.3, -0.25) is 4.99 Å². The normalized spacial score (nSPS) is 16.4. The van der Waals surface area contributed by atoms with Gasteiger partial charge < -0.3 is 15.0 Å². The minimum Gasteiger partial charge on any atom is -0.472 e. The van der Waals surface area contributed by atoms with E-state index in [4.69, 9.17) is 4.74 Å². The summed E-state index contributed by atoms with van der Waals surface area (Å²) < 4.78 is 7.70. The zero-order valence-electron chi connectivity index (χ0n) is 16.2. The van der Waals surface area contributed by atoms with Gasteiger partial charge in [-0.1, -0.05) is 18.2 Å². The smallest absolute Gasteiger partial charge is 0.213 e. The van der Waals surface area contributed by atoms with Crippen molar-refractivity contribution in [3.05, 3.63) is 66.9 Å². The van der Waals surface area contributed by atoms with Crippen molar-refractivity contribution in [2.45, 2.75) is 19.1 Å². The monoisotopic (exact) mass is 505 g/mol. The van der Waals surface area contributed by atoms with Crippen LogP contribution in [-0.2, 0) is 6.54 Å². The summed E-state index contributed by atoms with van der Waals surface area (Å²) in [4.78, 5) is 14.9. The van der Waals surface area contributed by atoms with Gasteiger partial charge in [0.15, 0.2) is 5.96 Å². The fourth-order valence-electron chi connectivity index (χ4n) is 3.23. The number of nitrogens with one attached hydrogen (secondary N) is 1. The Kier molecular flexibility index (Phi) is 7.39. The quantitative estimate of drug-likeness (QED) is 0.326. The zero-order chi connectivity index (χ0) is 19.2. The molecule has 9 heteroatoms. The molecule has 1 N–H and O–H groups in total. The minimum atomic E-state index is 0. The number of benzene rings is 1. The standard InChI is InChI=1S/C20H23N7O.HI/c1-21-20(26-11-9-18(13-26)28-19-4-2-3-10-23-19)24-12-16-5-7-17(8-6-16)27-15-22-14-25-27;/h2-8,10,14-15,18H,9,11-13H2,1H3,(H,21,24);1H. The predicted octanol–water partition coefficient (Wildman–Crippen LogP) is 2.51. The van der Waals surface area contributed by atoms with Gasteiger partial charge in [-0.2, -0.15) is 5.10 Å². The van der Waals surface area contributed by atoms with Crippen molar-refractivity contribution in [3.63, 3.8) is 0 Å². The summed E-state index contributed by atoms with van der Waals surface area (Å²) in [5.74, 6) is 1.55. The Balaban J connectivity index is 0.00000240. The lowest BCUT2D eigenvalue weighted by molar-refractivity contribution is 0.205. The largest absolute Gasteiger partial charge is 0.472 e. The zero-order valence-corrected chi connectivity index (χ0v) is 18.5. The van der Waals surface area contributed by atoms with Crippen LogP contribution in [0.1, 0.15) is 12.0 Å². The van der Waals surface area contributed by atoms with E-state index in [2.05, 4.69) is 42.4 Å². The molecule has 1 aliphatic rings. The number of guanidine groups is 1. The highest BCUT2D eigenvalue weighted by atomic mass is 127. The van der Waals surface area contributed by atoms with Crippen LogP contribution >= 0.6 is 24.0 Å². The lowest BCUT2D eigenvalue weighted by atomic mass is 10.2. The molecule has 2 aromatic heterocycles. The van der Waals surface area contributed by atoms with E-state index in [-0.39, 0.29) is 30.1 Å². The van der Waals surface area contributed by atoms with Crippen molar-refractivity contribution in [2.75, 3.05) is 20.1 Å². The Morgan fingerprint density at radius 1 is 1.24 bits per heavy atom. The van der Waals surface area contributed by atoms with Crippen LogP contribution < -0.4 is 10.1 Å². The highest BCUT2D eigenvalue weighted by molar-refractivity contribution is 14.0. The van der Waals surface area contributed by atoms with Crippen molar-refractivity contribution < 1.29 is 4.74 Å². The maximum absolute atomic E-state index is 5.96. The van der Waals surface area contributed by atoms with E-state index in [0.29, 0.717) is 12.4 Å². The van der Waals surface area contributed by atoms with Crippen LogP contribution in [0, 0.1) is 0 Å². The van der Waals surface area contributed by atoms with E-state index in [9.17, 15) is 0 Å². The van der Waals surface area contributed by atoms with Crippen molar-refractivity contribution in [2.24, 2.45) is 4.99 Å². The molecular weight excluding hydrogens is 481 g/mol. The van der Waals surface area contributed by atoms with Gasteiger partial charge in [0.2, 0.25) is 5.88 Å². The molecule has 8 nitrogen and oxygen atoms in total. The van der Waals surface area contributed by atoms with Gasteiger partial charge in [0.25, 0.3) is 0 Å². The second kappa shape index (κ2) is 10.2. The third kappa shape index (κ3) is 5.43. The number of ether oxygens (including phenoxy) is 1. The number of likely N-dealkylation sites (tertiary alicyclic amines) is 1. The van der Waals surface area contributed by atoms with Crippen LogP contribution in [0.15, 0.2) is 66.3 Å². The molecule has 152 valence electrons. The number of aromatic nitrogens is 4. The van der Waals surface area contributed by atoms with Crippen LogP contribution in [0.5, 0.6) is 5.88 Å². The molecule has 0 aliphatic carbocycles. The van der Waals surface area contributed by atoms with Crippen molar-refractivity contribution in [1.29, 1.82) is 0 Å². The van der Waals surface area contributed by atoms with Crippen molar-refractivity contribution in [1.82, 2.24) is 30.0 Å². The van der Waals surface area contributed by atoms with E-state index in [1.807, 2.05) is 37.4 Å². The lowest BCUT2D eigenvalue weighted by Crippen LogP contribution is -2.40. The molecule has 1 unspecified atom stereocenters. The Morgan fingerprint density at radius 3 is 2.79 bits per heavy atom. The number of halogens is 1. The first-order valence-electron chi connectivity index (χ1n) is 9.29. The molecule has 0 bridgehead atoms. The first-order valence-corrected chi connectivity index (χ1v) is 9.29. The number of rotatable bonds is 5. The Labute approximate surface area is 187 Å². The first-order chi connectivity index (χ1) is 13.8. The molecule has 1 aromatic carbocycles. The fraction of sp³-hybridized carbons (Fsp3) is 0.300.